The van der Waals surface area contributed by atoms with Gasteiger partial charge in [-0.25, -0.2) is 22.6 Å². The molecule has 0 atom stereocenters. The van der Waals surface area contributed by atoms with Gasteiger partial charge in [-0.1, -0.05) is 24.3 Å². The molecule has 0 aliphatic carbocycles. The second kappa shape index (κ2) is 7.68. The Morgan fingerprint density at radius 3 is 2.37 bits per heavy atom. The van der Waals surface area contributed by atoms with Crippen LogP contribution in [0.1, 0.15) is 20.8 Å². The van der Waals surface area contributed by atoms with Gasteiger partial charge in [0, 0.05) is 24.3 Å². The highest BCUT2D eigenvalue weighted by Gasteiger charge is 2.25. The van der Waals surface area contributed by atoms with Crippen LogP contribution in [0.4, 0.5) is 14.9 Å². The zero-order valence-electron chi connectivity index (χ0n) is 17.4. The number of hydrogen-bond acceptors (Lipinski definition) is 5. The van der Waals surface area contributed by atoms with Gasteiger partial charge >= 0.3 is 6.09 Å². The van der Waals surface area contributed by atoms with E-state index in [4.69, 9.17) is 4.74 Å². The van der Waals surface area contributed by atoms with Gasteiger partial charge in [0.25, 0.3) is 0 Å². The molecule has 0 aliphatic rings. The van der Waals surface area contributed by atoms with Gasteiger partial charge in [-0.2, -0.15) is 0 Å². The highest BCUT2D eigenvalue weighted by atomic mass is 32.2. The van der Waals surface area contributed by atoms with E-state index in [2.05, 4.69) is 4.98 Å². The number of halogens is 1. The van der Waals surface area contributed by atoms with Gasteiger partial charge in [0.15, 0.2) is 9.84 Å². The van der Waals surface area contributed by atoms with E-state index in [1.54, 1.807) is 45.0 Å². The first-order valence-electron chi connectivity index (χ1n) is 9.23. The predicted octanol–water partition coefficient (Wildman–Crippen LogP) is 4.82. The van der Waals surface area contributed by atoms with Crippen LogP contribution in [0, 0.1) is 5.82 Å². The maximum absolute atomic E-state index is 13.9. The van der Waals surface area contributed by atoms with Crippen molar-refractivity contribution in [2.75, 3.05) is 18.2 Å². The molecule has 158 valence electrons. The molecule has 1 heterocycles. The fourth-order valence-corrected chi connectivity index (χ4v) is 3.83. The topological polar surface area (TPSA) is 76.6 Å². The predicted molar refractivity (Wildman–Crippen MR) is 115 cm³/mol. The zero-order chi connectivity index (χ0) is 22.3. The number of sulfone groups is 1. The minimum Gasteiger partial charge on any atom is -0.443 e. The van der Waals surface area contributed by atoms with Crippen LogP contribution in [-0.2, 0) is 14.6 Å². The van der Waals surface area contributed by atoms with Gasteiger partial charge in [-0.3, -0.25) is 4.90 Å². The van der Waals surface area contributed by atoms with Gasteiger partial charge < -0.3 is 4.74 Å². The Bertz CT molecular complexity index is 1230. The summed E-state index contributed by atoms with van der Waals surface area (Å²) < 4.78 is 43.9. The minimum absolute atomic E-state index is 0.0594. The first-order chi connectivity index (χ1) is 13.9. The fraction of sp³-hybridized carbons (Fsp3) is 0.273. The Kier molecular flexibility index (Phi) is 5.56. The lowest BCUT2D eigenvalue weighted by Crippen LogP contribution is -2.34. The molecule has 0 spiro atoms. The third-order valence-corrected chi connectivity index (χ3v) is 5.44. The number of aromatic nitrogens is 1. The van der Waals surface area contributed by atoms with Crippen LogP contribution in [-0.4, -0.2) is 38.4 Å². The normalized spacial score (nSPS) is 12.1. The zero-order valence-corrected chi connectivity index (χ0v) is 18.2. The van der Waals surface area contributed by atoms with E-state index in [0.717, 1.165) is 6.26 Å². The summed E-state index contributed by atoms with van der Waals surface area (Å²) in [4.78, 5) is 18.6. The number of hydrogen-bond donors (Lipinski definition) is 0. The molecule has 30 heavy (non-hydrogen) atoms. The summed E-state index contributed by atoms with van der Waals surface area (Å²) in [6, 6.07) is 12.2. The molecule has 0 saturated carbocycles. The first kappa shape index (κ1) is 21.7. The number of amides is 1. The summed E-state index contributed by atoms with van der Waals surface area (Å²) in [7, 11) is -2.02. The lowest BCUT2D eigenvalue weighted by atomic mass is 10.1. The molecule has 3 rings (SSSR count). The van der Waals surface area contributed by atoms with E-state index in [9.17, 15) is 17.6 Å². The van der Waals surface area contributed by atoms with Crippen LogP contribution in [0.2, 0.25) is 0 Å². The Hall–Kier alpha value is -3.00. The van der Waals surface area contributed by atoms with Crippen LogP contribution < -0.4 is 4.90 Å². The van der Waals surface area contributed by atoms with Crippen LogP contribution in [0.15, 0.2) is 53.4 Å². The summed E-state index contributed by atoms with van der Waals surface area (Å²) in [6.07, 6.45) is 0.493. The molecule has 8 heteroatoms. The summed E-state index contributed by atoms with van der Waals surface area (Å²) in [5.41, 5.74) is 0.587. The standard InChI is InChI=1S/C22H23FN2O4S/c1-22(2,3)29-21(26)25(4)17-13-15-9-7-11-18(30(5,27)28)20(15)24-19(17)14-8-6-10-16(23)12-14/h6-13H,1-5H3. The van der Waals surface area contributed by atoms with E-state index < -0.39 is 27.3 Å². The third kappa shape index (κ3) is 4.59. The number of para-hydroxylation sites is 1. The second-order valence-electron chi connectivity index (χ2n) is 8.01. The molecule has 1 aromatic heterocycles. The van der Waals surface area contributed by atoms with Crippen LogP contribution >= 0.6 is 0 Å². The van der Waals surface area contributed by atoms with Crippen molar-refractivity contribution >= 4 is 32.5 Å². The van der Waals surface area contributed by atoms with E-state index >= 15 is 0 Å². The molecule has 0 fully saturated rings. The minimum atomic E-state index is -3.55. The molecule has 0 saturated heterocycles. The quantitative estimate of drug-likeness (QED) is 0.596. The maximum Gasteiger partial charge on any atom is 0.414 e. The number of benzene rings is 2. The monoisotopic (exact) mass is 430 g/mol. The van der Waals surface area contributed by atoms with Crippen molar-refractivity contribution in [3.8, 4) is 11.3 Å². The molecule has 6 nitrogen and oxygen atoms in total. The van der Waals surface area contributed by atoms with Crippen molar-refractivity contribution in [3.05, 3.63) is 54.3 Å². The van der Waals surface area contributed by atoms with Gasteiger partial charge in [-0.15, -0.1) is 0 Å². The Morgan fingerprint density at radius 1 is 1.10 bits per heavy atom. The molecule has 2 aromatic carbocycles. The summed E-state index contributed by atoms with van der Waals surface area (Å²) >= 11 is 0. The first-order valence-corrected chi connectivity index (χ1v) is 11.1. The van der Waals surface area contributed by atoms with Crippen LogP contribution in [0.25, 0.3) is 22.2 Å². The number of ether oxygens (including phenoxy) is 1. The number of nitrogens with zero attached hydrogens (tertiary/aromatic N) is 2. The smallest absolute Gasteiger partial charge is 0.414 e. The molecule has 0 N–H and O–H groups in total. The number of anilines is 1. The average Bonchev–Trinajstić information content (AvgIpc) is 2.63. The summed E-state index contributed by atoms with van der Waals surface area (Å²) in [6.45, 7) is 5.26. The maximum atomic E-state index is 13.9. The SMILES string of the molecule is CN(C(=O)OC(C)(C)C)c1cc2cccc(S(C)(=O)=O)c2nc1-c1cccc(F)c1. The number of pyridine rings is 1. The van der Waals surface area contributed by atoms with E-state index in [1.165, 1.54) is 36.2 Å². The number of fused-ring (bicyclic) bond motifs is 1. The summed E-state index contributed by atoms with van der Waals surface area (Å²) in [5.74, 6) is -0.475. The largest absolute Gasteiger partial charge is 0.443 e. The highest BCUT2D eigenvalue weighted by molar-refractivity contribution is 7.91. The average molecular weight is 431 g/mol. The fourth-order valence-electron chi connectivity index (χ4n) is 2.99. The van der Waals surface area contributed by atoms with Crippen molar-refractivity contribution in [1.29, 1.82) is 0 Å². The number of carbonyl (C=O) groups is 1. The van der Waals surface area contributed by atoms with E-state index in [-0.39, 0.29) is 16.1 Å². The van der Waals surface area contributed by atoms with Crippen LogP contribution in [0.3, 0.4) is 0 Å². The third-order valence-electron chi connectivity index (χ3n) is 4.31. The van der Waals surface area contributed by atoms with Gasteiger partial charge in [-0.05, 0) is 45.0 Å². The van der Waals surface area contributed by atoms with Gasteiger partial charge in [0.2, 0.25) is 0 Å². The van der Waals surface area contributed by atoms with Crippen LogP contribution in [0.5, 0.6) is 0 Å². The molecule has 3 aromatic rings. The second-order valence-corrected chi connectivity index (χ2v) is 9.99. The number of carbonyl (C=O) groups excluding carboxylic acids is 1. The summed E-state index contributed by atoms with van der Waals surface area (Å²) in [5, 5.41) is 0.531. The Morgan fingerprint density at radius 2 is 1.77 bits per heavy atom. The highest BCUT2D eigenvalue weighted by Crippen LogP contribution is 2.34. The van der Waals surface area contributed by atoms with Crippen molar-refractivity contribution in [2.45, 2.75) is 31.3 Å². The molecule has 1 amide bonds. The van der Waals surface area contributed by atoms with E-state index in [0.29, 0.717) is 16.6 Å². The van der Waals surface area contributed by atoms with Gasteiger partial charge in [0.1, 0.15) is 11.4 Å². The Labute approximate surface area is 175 Å². The molecular weight excluding hydrogens is 407 g/mol. The van der Waals surface area contributed by atoms with E-state index in [1.807, 2.05) is 0 Å². The van der Waals surface area contributed by atoms with Gasteiger partial charge in [0.05, 0.1) is 21.8 Å². The molecular formula is C22H23FN2O4S. The van der Waals surface area contributed by atoms with Crippen molar-refractivity contribution < 1.29 is 22.3 Å². The lowest BCUT2D eigenvalue weighted by molar-refractivity contribution is 0.0589. The Balaban J connectivity index is 2.30. The number of rotatable bonds is 3. The van der Waals surface area contributed by atoms with Crippen molar-refractivity contribution in [3.63, 3.8) is 0 Å². The molecule has 0 bridgehead atoms. The van der Waals surface area contributed by atoms with Crippen molar-refractivity contribution in [2.24, 2.45) is 0 Å². The molecule has 0 unspecified atom stereocenters. The molecule has 0 radical (unpaired) electrons. The molecule has 0 aliphatic heterocycles. The lowest BCUT2D eigenvalue weighted by Gasteiger charge is -2.26. The van der Waals surface area contributed by atoms with Crippen molar-refractivity contribution in [1.82, 2.24) is 4.98 Å².